The fourth-order valence-corrected chi connectivity index (χ4v) is 3.53. The van der Waals surface area contributed by atoms with E-state index in [1.54, 1.807) is 0 Å². The van der Waals surface area contributed by atoms with E-state index in [1.807, 2.05) is 0 Å². The van der Waals surface area contributed by atoms with Gasteiger partial charge in [-0.2, -0.15) is 0 Å². The lowest BCUT2D eigenvalue weighted by Gasteiger charge is -2.62. The molecule has 0 amide bonds. The molecule has 0 aromatic rings. The Bertz CT molecular complexity index is 242. The monoisotopic (exact) mass is 210 g/mol. The number of rotatable bonds is 3. The molecule has 3 atom stereocenters. The molecule has 1 saturated heterocycles. The second-order valence-electron chi connectivity index (χ2n) is 5.64. The summed E-state index contributed by atoms with van der Waals surface area (Å²) >= 11 is 0. The number of ether oxygens (including phenoxy) is 1. The SMILES string of the molecule is CCOC1CC(N)C1N1CC2(CCC2)C1. The summed E-state index contributed by atoms with van der Waals surface area (Å²) in [5.74, 6) is 0. The molecule has 86 valence electrons. The number of hydrogen-bond donors (Lipinski definition) is 1. The normalized spacial score (nSPS) is 43.2. The van der Waals surface area contributed by atoms with Crippen LogP contribution in [0.2, 0.25) is 0 Å². The van der Waals surface area contributed by atoms with E-state index < -0.39 is 0 Å². The summed E-state index contributed by atoms with van der Waals surface area (Å²) in [6.07, 6.45) is 5.82. The summed E-state index contributed by atoms with van der Waals surface area (Å²) in [5.41, 5.74) is 6.79. The van der Waals surface area contributed by atoms with Gasteiger partial charge in [0.1, 0.15) is 0 Å². The van der Waals surface area contributed by atoms with Crippen molar-refractivity contribution >= 4 is 0 Å². The molecule has 0 aromatic heterocycles. The Hall–Kier alpha value is -0.120. The first-order valence-corrected chi connectivity index (χ1v) is 6.35. The van der Waals surface area contributed by atoms with Crippen molar-refractivity contribution in [1.29, 1.82) is 0 Å². The van der Waals surface area contributed by atoms with Gasteiger partial charge in [0.05, 0.1) is 12.1 Å². The predicted molar refractivity (Wildman–Crippen MR) is 59.7 cm³/mol. The lowest BCUT2D eigenvalue weighted by atomic mass is 9.62. The molecule has 1 aliphatic heterocycles. The molecule has 3 nitrogen and oxygen atoms in total. The molecule has 0 radical (unpaired) electrons. The van der Waals surface area contributed by atoms with Crippen molar-refractivity contribution in [2.45, 2.75) is 50.8 Å². The molecule has 0 aromatic carbocycles. The third kappa shape index (κ3) is 1.44. The average Bonchev–Trinajstić information content (AvgIpc) is 2.06. The van der Waals surface area contributed by atoms with Crippen molar-refractivity contribution in [2.24, 2.45) is 11.1 Å². The summed E-state index contributed by atoms with van der Waals surface area (Å²) in [6, 6.07) is 0.884. The number of likely N-dealkylation sites (tertiary alicyclic amines) is 1. The highest BCUT2D eigenvalue weighted by atomic mass is 16.5. The first kappa shape index (κ1) is 10.1. The van der Waals surface area contributed by atoms with Crippen molar-refractivity contribution in [3.63, 3.8) is 0 Å². The number of hydrogen-bond acceptors (Lipinski definition) is 3. The van der Waals surface area contributed by atoms with Crippen LogP contribution >= 0.6 is 0 Å². The molecule has 3 heteroatoms. The highest BCUT2D eigenvalue weighted by Crippen LogP contribution is 2.50. The van der Waals surface area contributed by atoms with E-state index in [2.05, 4.69) is 11.8 Å². The van der Waals surface area contributed by atoms with Crippen LogP contribution in [0.15, 0.2) is 0 Å². The van der Waals surface area contributed by atoms with Crippen molar-refractivity contribution in [1.82, 2.24) is 4.90 Å². The minimum Gasteiger partial charge on any atom is -0.377 e. The highest BCUT2D eigenvalue weighted by molar-refractivity contribution is 5.09. The largest absolute Gasteiger partial charge is 0.377 e. The Balaban J connectivity index is 1.54. The molecule has 0 bridgehead atoms. The lowest BCUT2D eigenvalue weighted by molar-refractivity contribution is -0.157. The molecule has 2 saturated carbocycles. The topological polar surface area (TPSA) is 38.5 Å². The zero-order chi connectivity index (χ0) is 10.5. The second kappa shape index (κ2) is 3.44. The predicted octanol–water partition coefficient (Wildman–Crippen LogP) is 0.977. The molecule has 1 spiro atoms. The molecular formula is C12H22N2O. The van der Waals surface area contributed by atoms with Gasteiger partial charge in [-0.05, 0) is 31.6 Å². The zero-order valence-corrected chi connectivity index (χ0v) is 9.61. The first-order chi connectivity index (χ1) is 7.24. The minimum absolute atomic E-state index is 0.360. The van der Waals surface area contributed by atoms with Crippen LogP contribution in [0.1, 0.15) is 32.6 Å². The van der Waals surface area contributed by atoms with Crippen LogP contribution in [0.3, 0.4) is 0 Å². The molecule has 3 fully saturated rings. The number of nitrogens with zero attached hydrogens (tertiary/aromatic N) is 1. The summed E-state index contributed by atoms with van der Waals surface area (Å²) in [7, 11) is 0. The van der Waals surface area contributed by atoms with E-state index in [4.69, 9.17) is 10.5 Å². The summed E-state index contributed by atoms with van der Waals surface area (Å²) in [5, 5.41) is 0. The van der Waals surface area contributed by atoms with Crippen LogP contribution in [-0.4, -0.2) is 42.8 Å². The van der Waals surface area contributed by atoms with Gasteiger partial charge in [0, 0.05) is 25.7 Å². The lowest BCUT2D eigenvalue weighted by Crippen LogP contribution is -2.73. The van der Waals surface area contributed by atoms with Gasteiger partial charge in [0.15, 0.2) is 0 Å². The van der Waals surface area contributed by atoms with E-state index in [1.165, 1.54) is 32.4 Å². The van der Waals surface area contributed by atoms with E-state index in [-0.39, 0.29) is 0 Å². The molecule has 2 N–H and O–H groups in total. The summed E-state index contributed by atoms with van der Waals surface area (Å²) in [4.78, 5) is 2.56. The molecule has 3 unspecified atom stereocenters. The van der Waals surface area contributed by atoms with E-state index in [0.29, 0.717) is 23.6 Å². The van der Waals surface area contributed by atoms with Gasteiger partial charge in [0.25, 0.3) is 0 Å². The Morgan fingerprint density at radius 1 is 1.40 bits per heavy atom. The minimum atomic E-state index is 0.360. The van der Waals surface area contributed by atoms with Crippen molar-refractivity contribution in [3.8, 4) is 0 Å². The summed E-state index contributed by atoms with van der Waals surface area (Å²) in [6.45, 7) is 5.47. The fourth-order valence-electron chi connectivity index (χ4n) is 3.53. The van der Waals surface area contributed by atoms with Crippen LogP contribution < -0.4 is 5.73 Å². The van der Waals surface area contributed by atoms with Gasteiger partial charge < -0.3 is 10.5 Å². The Labute approximate surface area is 91.9 Å². The van der Waals surface area contributed by atoms with Gasteiger partial charge in [-0.1, -0.05) is 6.42 Å². The maximum absolute atomic E-state index is 6.08. The maximum atomic E-state index is 6.08. The molecule has 3 rings (SSSR count). The molecule has 15 heavy (non-hydrogen) atoms. The van der Waals surface area contributed by atoms with Crippen molar-refractivity contribution in [2.75, 3.05) is 19.7 Å². The zero-order valence-electron chi connectivity index (χ0n) is 9.61. The van der Waals surface area contributed by atoms with Gasteiger partial charge in [-0.3, -0.25) is 4.90 Å². The Morgan fingerprint density at radius 3 is 2.60 bits per heavy atom. The van der Waals surface area contributed by atoms with Gasteiger partial charge >= 0.3 is 0 Å². The smallest absolute Gasteiger partial charge is 0.0760 e. The number of nitrogens with two attached hydrogens (primary N) is 1. The van der Waals surface area contributed by atoms with E-state index in [9.17, 15) is 0 Å². The van der Waals surface area contributed by atoms with Gasteiger partial charge in [0.2, 0.25) is 0 Å². The second-order valence-corrected chi connectivity index (χ2v) is 5.64. The first-order valence-electron chi connectivity index (χ1n) is 6.35. The van der Waals surface area contributed by atoms with Crippen LogP contribution in [0.25, 0.3) is 0 Å². The quantitative estimate of drug-likeness (QED) is 0.754. The fraction of sp³-hybridized carbons (Fsp3) is 1.00. The third-order valence-corrected chi connectivity index (χ3v) is 4.62. The molecular weight excluding hydrogens is 188 g/mol. The van der Waals surface area contributed by atoms with E-state index in [0.717, 1.165) is 13.0 Å². The molecule has 2 aliphatic carbocycles. The van der Waals surface area contributed by atoms with Crippen LogP contribution in [-0.2, 0) is 4.74 Å². The highest BCUT2D eigenvalue weighted by Gasteiger charge is 2.54. The maximum Gasteiger partial charge on any atom is 0.0760 e. The Kier molecular flexibility index (Phi) is 2.31. The summed E-state index contributed by atoms with van der Waals surface area (Å²) < 4.78 is 5.72. The van der Waals surface area contributed by atoms with Gasteiger partial charge in [-0.25, -0.2) is 0 Å². The van der Waals surface area contributed by atoms with Crippen molar-refractivity contribution < 1.29 is 4.74 Å². The van der Waals surface area contributed by atoms with Crippen LogP contribution in [0.5, 0.6) is 0 Å². The average molecular weight is 210 g/mol. The van der Waals surface area contributed by atoms with Crippen molar-refractivity contribution in [3.05, 3.63) is 0 Å². The van der Waals surface area contributed by atoms with Crippen LogP contribution in [0, 0.1) is 5.41 Å². The Morgan fingerprint density at radius 2 is 2.13 bits per heavy atom. The van der Waals surface area contributed by atoms with Crippen LogP contribution in [0.4, 0.5) is 0 Å². The van der Waals surface area contributed by atoms with E-state index >= 15 is 0 Å². The molecule has 1 heterocycles. The molecule has 3 aliphatic rings. The third-order valence-electron chi connectivity index (χ3n) is 4.62. The standard InChI is InChI=1S/C12H22N2O/c1-2-15-10-6-9(13)11(10)14-7-12(8-14)4-3-5-12/h9-11H,2-8,13H2,1H3. The van der Waals surface area contributed by atoms with Gasteiger partial charge in [-0.15, -0.1) is 0 Å².